The first-order chi connectivity index (χ1) is 12.8. The number of carbonyl (C=O) groups is 2. The molecule has 0 spiro atoms. The fourth-order valence-corrected chi connectivity index (χ4v) is 2.93. The second-order valence-electron chi connectivity index (χ2n) is 6.56. The molecule has 0 aliphatic heterocycles. The van der Waals surface area contributed by atoms with Crippen LogP contribution in [0.4, 0.5) is 11.4 Å². The Morgan fingerprint density at radius 3 is 2.33 bits per heavy atom. The number of methoxy groups -OCH3 is 1. The monoisotopic (exact) mass is 388 g/mol. The van der Waals surface area contributed by atoms with Gasteiger partial charge in [0.15, 0.2) is 0 Å². The average molecular weight is 389 g/mol. The quantitative estimate of drug-likeness (QED) is 0.737. The molecule has 5 nitrogen and oxygen atoms in total. The van der Waals surface area contributed by atoms with E-state index in [4.69, 9.17) is 16.3 Å². The number of hydrogen-bond donors (Lipinski definition) is 1. The van der Waals surface area contributed by atoms with Crippen molar-refractivity contribution in [3.05, 3.63) is 53.1 Å². The van der Waals surface area contributed by atoms with Gasteiger partial charge in [-0.15, -0.1) is 0 Å². The Morgan fingerprint density at radius 2 is 1.81 bits per heavy atom. The number of hydrogen-bond acceptors (Lipinski definition) is 3. The van der Waals surface area contributed by atoms with E-state index in [0.717, 1.165) is 5.69 Å². The standard InChI is InChI=1S/C21H25ClN2O3/c1-14(2)16-5-7-17(8-6-16)23-21(26)11-12-24(15(3)25)18-9-10-20(27-4)19(22)13-18/h5-10,13-14H,11-12H2,1-4H3,(H,23,26). The van der Waals surface area contributed by atoms with Gasteiger partial charge >= 0.3 is 0 Å². The van der Waals surface area contributed by atoms with Gasteiger partial charge in [0.25, 0.3) is 0 Å². The summed E-state index contributed by atoms with van der Waals surface area (Å²) in [5, 5.41) is 3.27. The zero-order valence-electron chi connectivity index (χ0n) is 16.1. The lowest BCUT2D eigenvalue weighted by atomic mass is 10.0. The summed E-state index contributed by atoms with van der Waals surface area (Å²) in [6, 6.07) is 12.9. The van der Waals surface area contributed by atoms with E-state index in [9.17, 15) is 9.59 Å². The molecule has 0 unspecified atom stereocenters. The van der Waals surface area contributed by atoms with Crippen LogP contribution in [-0.2, 0) is 9.59 Å². The number of rotatable bonds is 7. The van der Waals surface area contributed by atoms with E-state index in [-0.39, 0.29) is 24.8 Å². The van der Waals surface area contributed by atoms with Gasteiger partial charge in [-0.2, -0.15) is 0 Å². The lowest BCUT2D eigenvalue weighted by Crippen LogP contribution is -2.31. The number of halogens is 1. The second kappa shape index (κ2) is 9.42. The molecule has 2 amide bonds. The first-order valence-corrected chi connectivity index (χ1v) is 9.21. The lowest BCUT2D eigenvalue weighted by Gasteiger charge is -2.21. The van der Waals surface area contributed by atoms with Crippen LogP contribution in [0.3, 0.4) is 0 Å². The Bertz CT molecular complexity index is 804. The molecular formula is C21H25ClN2O3. The first-order valence-electron chi connectivity index (χ1n) is 8.83. The van der Waals surface area contributed by atoms with Gasteiger partial charge in [0.05, 0.1) is 12.1 Å². The van der Waals surface area contributed by atoms with Crippen LogP contribution in [0.2, 0.25) is 5.02 Å². The van der Waals surface area contributed by atoms with Crippen molar-refractivity contribution < 1.29 is 14.3 Å². The summed E-state index contributed by atoms with van der Waals surface area (Å²) in [6.07, 6.45) is 0.176. The Labute approximate surface area is 165 Å². The zero-order chi connectivity index (χ0) is 20.0. The van der Waals surface area contributed by atoms with E-state index >= 15 is 0 Å². The van der Waals surface area contributed by atoms with Gasteiger partial charge in [-0.3, -0.25) is 9.59 Å². The van der Waals surface area contributed by atoms with Gasteiger partial charge in [-0.05, 0) is 41.8 Å². The maximum absolute atomic E-state index is 12.3. The minimum Gasteiger partial charge on any atom is -0.495 e. The molecule has 0 radical (unpaired) electrons. The second-order valence-corrected chi connectivity index (χ2v) is 6.97. The van der Waals surface area contributed by atoms with Crippen molar-refractivity contribution in [3.63, 3.8) is 0 Å². The van der Waals surface area contributed by atoms with Crippen LogP contribution in [0.5, 0.6) is 5.75 Å². The molecule has 0 atom stereocenters. The Hall–Kier alpha value is -2.53. The smallest absolute Gasteiger partial charge is 0.226 e. The fraction of sp³-hybridized carbons (Fsp3) is 0.333. The van der Waals surface area contributed by atoms with Crippen molar-refractivity contribution in [3.8, 4) is 5.75 Å². The number of nitrogens with one attached hydrogen (secondary N) is 1. The number of carbonyl (C=O) groups excluding carboxylic acids is 2. The molecule has 2 rings (SSSR count). The fourth-order valence-electron chi connectivity index (χ4n) is 2.68. The molecule has 2 aromatic rings. The van der Waals surface area contributed by atoms with Crippen molar-refractivity contribution in [2.24, 2.45) is 0 Å². The summed E-state index contributed by atoms with van der Waals surface area (Å²) in [6.45, 7) is 5.96. The van der Waals surface area contributed by atoms with E-state index in [1.165, 1.54) is 24.5 Å². The van der Waals surface area contributed by atoms with E-state index in [0.29, 0.717) is 22.4 Å². The molecule has 1 N–H and O–H groups in total. The van der Waals surface area contributed by atoms with Crippen LogP contribution < -0.4 is 15.0 Å². The van der Waals surface area contributed by atoms with Gasteiger partial charge in [0.2, 0.25) is 11.8 Å². The third-order valence-electron chi connectivity index (χ3n) is 4.25. The molecule has 0 bridgehead atoms. The van der Waals surface area contributed by atoms with Gasteiger partial charge in [-0.1, -0.05) is 37.6 Å². The normalized spacial score (nSPS) is 10.6. The van der Waals surface area contributed by atoms with E-state index < -0.39 is 0 Å². The minimum absolute atomic E-state index is 0.154. The van der Waals surface area contributed by atoms with E-state index in [1.54, 1.807) is 18.2 Å². The molecule has 6 heteroatoms. The number of amides is 2. The summed E-state index contributed by atoms with van der Waals surface area (Å²) in [4.78, 5) is 25.8. The molecule has 0 aliphatic rings. The van der Waals surface area contributed by atoms with Crippen LogP contribution >= 0.6 is 11.6 Å². The molecule has 0 aliphatic carbocycles. The topological polar surface area (TPSA) is 58.6 Å². The average Bonchev–Trinajstić information content (AvgIpc) is 2.62. The highest BCUT2D eigenvalue weighted by atomic mass is 35.5. The molecular weight excluding hydrogens is 364 g/mol. The molecule has 144 valence electrons. The highest BCUT2D eigenvalue weighted by molar-refractivity contribution is 6.32. The van der Waals surface area contributed by atoms with Gasteiger partial charge in [0.1, 0.15) is 5.75 Å². The zero-order valence-corrected chi connectivity index (χ0v) is 16.8. The van der Waals surface area contributed by atoms with Crippen LogP contribution in [0, 0.1) is 0 Å². The van der Waals surface area contributed by atoms with Crippen LogP contribution in [0.1, 0.15) is 38.7 Å². The molecule has 27 heavy (non-hydrogen) atoms. The van der Waals surface area contributed by atoms with Gasteiger partial charge in [0, 0.05) is 31.3 Å². The Morgan fingerprint density at radius 1 is 1.15 bits per heavy atom. The lowest BCUT2D eigenvalue weighted by molar-refractivity contribution is -0.117. The summed E-state index contributed by atoms with van der Waals surface area (Å²) in [5.41, 5.74) is 2.58. The summed E-state index contributed by atoms with van der Waals surface area (Å²) >= 11 is 6.14. The molecule has 0 aromatic heterocycles. The van der Waals surface area contributed by atoms with Crippen LogP contribution in [0.25, 0.3) is 0 Å². The molecule has 0 heterocycles. The third kappa shape index (κ3) is 5.73. The van der Waals surface area contributed by atoms with Crippen molar-refractivity contribution in [2.75, 3.05) is 23.9 Å². The van der Waals surface area contributed by atoms with Gasteiger partial charge < -0.3 is 15.0 Å². The summed E-state index contributed by atoms with van der Waals surface area (Å²) in [5.74, 6) is 0.658. The molecule has 2 aromatic carbocycles. The number of benzene rings is 2. The number of ether oxygens (including phenoxy) is 1. The number of nitrogens with zero attached hydrogens (tertiary/aromatic N) is 1. The molecule has 0 fully saturated rings. The van der Waals surface area contributed by atoms with Crippen LogP contribution in [0.15, 0.2) is 42.5 Å². The van der Waals surface area contributed by atoms with Gasteiger partial charge in [-0.25, -0.2) is 0 Å². The predicted molar refractivity (Wildman–Crippen MR) is 110 cm³/mol. The molecule has 0 saturated heterocycles. The predicted octanol–water partition coefficient (Wildman–Crippen LogP) is 4.85. The van der Waals surface area contributed by atoms with Crippen molar-refractivity contribution in [1.29, 1.82) is 0 Å². The minimum atomic E-state index is -0.162. The maximum Gasteiger partial charge on any atom is 0.226 e. The van der Waals surface area contributed by atoms with E-state index in [1.807, 2.05) is 24.3 Å². The highest BCUT2D eigenvalue weighted by Gasteiger charge is 2.15. The van der Waals surface area contributed by atoms with Crippen molar-refractivity contribution >= 4 is 34.8 Å². The largest absolute Gasteiger partial charge is 0.495 e. The highest BCUT2D eigenvalue weighted by Crippen LogP contribution is 2.29. The van der Waals surface area contributed by atoms with E-state index in [2.05, 4.69) is 19.2 Å². The summed E-state index contributed by atoms with van der Waals surface area (Å²) in [7, 11) is 1.53. The maximum atomic E-state index is 12.3. The van der Waals surface area contributed by atoms with Crippen molar-refractivity contribution in [2.45, 2.75) is 33.1 Å². The summed E-state index contributed by atoms with van der Waals surface area (Å²) < 4.78 is 5.13. The Balaban J connectivity index is 2.00. The third-order valence-corrected chi connectivity index (χ3v) is 4.55. The number of anilines is 2. The SMILES string of the molecule is COc1ccc(N(CCC(=O)Nc2ccc(C(C)C)cc2)C(C)=O)cc1Cl. The molecule has 0 saturated carbocycles. The van der Waals surface area contributed by atoms with Crippen LogP contribution in [-0.4, -0.2) is 25.5 Å². The first kappa shape index (κ1) is 20.8. The Kier molecular flexibility index (Phi) is 7.25. The van der Waals surface area contributed by atoms with Crippen molar-refractivity contribution in [1.82, 2.24) is 0 Å².